The standard InChI is InChI=1S/C17H28N2O/c1-13(2)19(5)10-9-18-12-15-8-6-7-14-11-17(3,4)20-16(14)15/h6-8,13,18H,9-12H2,1-5H3. The van der Waals surface area contributed by atoms with Crippen molar-refractivity contribution in [3.63, 3.8) is 0 Å². The zero-order valence-corrected chi connectivity index (χ0v) is 13.5. The Kier molecular flexibility index (Phi) is 4.71. The van der Waals surface area contributed by atoms with Crippen LogP contribution in [0.3, 0.4) is 0 Å². The van der Waals surface area contributed by atoms with E-state index in [2.05, 4.69) is 63.2 Å². The van der Waals surface area contributed by atoms with Gasteiger partial charge in [0.1, 0.15) is 11.4 Å². The van der Waals surface area contributed by atoms with Crippen molar-refractivity contribution in [2.45, 2.75) is 52.3 Å². The van der Waals surface area contributed by atoms with E-state index in [1.54, 1.807) is 0 Å². The van der Waals surface area contributed by atoms with E-state index < -0.39 is 0 Å². The molecule has 0 atom stereocenters. The molecule has 20 heavy (non-hydrogen) atoms. The van der Waals surface area contributed by atoms with Gasteiger partial charge in [0.25, 0.3) is 0 Å². The van der Waals surface area contributed by atoms with Crippen molar-refractivity contribution in [3.8, 4) is 5.75 Å². The third-order valence-electron chi connectivity index (χ3n) is 4.01. The number of hydrogen-bond acceptors (Lipinski definition) is 3. The maximum absolute atomic E-state index is 6.09. The Balaban J connectivity index is 1.88. The van der Waals surface area contributed by atoms with Crippen molar-refractivity contribution in [2.24, 2.45) is 0 Å². The van der Waals surface area contributed by atoms with Crippen LogP contribution in [0.4, 0.5) is 0 Å². The Morgan fingerprint density at radius 2 is 2.10 bits per heavy atom. The molecule has 3 nitrogen and oxygen atoms in total. The molecule has 112 valence electrons. The highest BCUT2D eigenvalue weighted by Crippen LogP contribution is 2.37. The fourth-order valence-corrected chi connectivity index (χ4v) is 2.56. The Bertz CT molecular complexity index is 454. The lowest BCUT2D eigenvalue weighted by Gasteiger charge is -2.21. The average Bonchev–Trinajstić information content (AvgIpc) is 2.68. The maximum atomic E-state index is 6.09. The summed E-state index contributed by atoms with van der Waals surface area (Å²) < 4.78 is 6.09. The number of benzene rings is 1. The van der Waals surface area contributed by atoms with Crippen molar-refractivity contribution in [1.82, 2.24) is 10.2 Å². The first-order chi connectivity index (χ1) is 9.39. The zero-order chi connectivity index (χ0) is 14.8. The predicted molar refractivity (Wildman–Crippen MR) is 84.3 cm³/mol. The minimum absolute atomic E-state index is 0.0592. The largest absolute Gasteiger partial charge is 0.487 e. The van der Waals surface area contributed by atoms with Crippen molar-refractivity contribution in [1.29, 1.82) is 0 Å². The van der Waals surface area contributed by atoms with E-state index in [0.717, 1.165) is 31.8 Å². The smallest absolute Gasteiger partial charge is 0.127 e. The van der Waals surface area contributed by atoms with Gasteiger partial charge < -0.3 is 15.0 Å². The zero-order valence-electron chi connectivity index (χ0n) is 13.5. The summed E-state index contributed by atoms with van der Waals surface area (Å²) in [6, 6.07) is 7.09. The van der Waals surface area contributed by atoms with Gasteiger partial charge in [0.2, 0.25) is 0 Å². The second-order valence-electron chi connectivity index (χ2n) is 6.70. The second kappa shape index (κ2) is 6.15. The molecule has 3 heteroatoms. The van der Waals surface area contributed by atoms with Crippen LogP contribution in [0.5, 0.6) is 5.75 Å². The van der Waals surface area contributed by atoms with Gasteiger partial charge in [-0.15, -0.1) is 0 Å². The summed E-state index contributed by atoms with van der Waals surface area (Å²) in [5, 5.41) is 3.52. The summed E-state index contributed by atoms with van der Waals surface area (Å²) in [7, 11) is 2.16. The third-order valence-corrected chi connectivity index (χ3v) is 4.01. The predicted octanol–water partition coefficient (Wildman–Crippen LogP) is 2.83. The fraction of sp³-hybridized carbons (Fsp3) is 0.647. The van der Waals surface area contributed by atoms with Crippen LogP contribution < -0.4 is 10.1 Å². The minimum atomic E-state index is -0.0592. The van der Waals surface area contributed by atoms with Gasteiger partial charge in [-0.3, -0.25) is 0 Å². The van der Waals surface area contributed by atoms with Crippen LogP contribution in [-0.2, 0) is 13.0 Å². The lowest BCUT2D eigenvalue weighted by atomic mass is 10.0. The molecule has 1 aliphatic rings. The number of hydrogen-bond donors (Lipinski definition) is 1. The van der Waals surface area contributed by atoms with Crippen molar-refractivity contribution in [3.05, 3.63) is 29.3 Å². The van der Waals surface area contributed by atoms with Gasteiger partial charge in [-0.25, -0.2) is 0 Å². The number of nitrogens with zero attached hydrogens (tertiary/aromatic N) is 1. The van der Waals surface area contributed by atoms with E-state index in [9.17, 15) is 0 Å². The van der Waals surface area contributed by atoms with Gasteiger partial charge in [0.05, 0.1) is 0 Å². The van der Waals surface area contributed by atoms with Gasteiger partial charge in [-0.2, -0.15) is 0 Å². The highest BCUT2D eigenvalue weighted by Gasteiger charge is 2.31. The first kappa shape index (κ1) is 15.3. The molecular weight excluding hydrogens is 248 g/mol. The van der Waals surface area contributed by atoms with Crippen molar-refractivity contribution < 1.29 is 4.74 Å². The maximum Gasteiger partial charge on any atom is 0.127 e. The van der Waals surface area contributed by atoms with Gasteiger partial charge in [-0.1, -0.05) is 18.2 Å². The van der Waals surface area contributed by atoms with E-state index in [1.165, 1.54) is 11.1 Å². The highest BCUT2D eigenvalue weighted by molar-refractivity contribution is 5.45. The minimum Gasteiger partial charge on any atom is -0.487 e. The van der Waals surface area contributed by atoms with Gasteiger partial charge in [0, 0.05) is 37.7 Å². The number of likely N-dealkylation sites (N-methyl/N-ethyl adjacent to an activating group) is 1. The molecule has 0 aromatic heterocycles. The Hall–Kier alpha value is -1.06. The van der Waals surface area contributed by atoms with Gasteiger partial charge in [-0.05, 0) is 40.3 Å². The molecule has 0 aliphatic carbocycles. The average molecular weight is 276 g/mol. The molecule has 1 aromatic carbocycles. The molecule has 1 N–H and O–H groups in total. The molecule has 0 radical (unpaired) electrons. The van der Waals surface area contributed by atoms with Crippen molar-refractivity contribution in [2.75, 3.05) is 20.1 Å². The van der Waals surface area contributed by atoms with Crippen LogP contribution >= 0.6 is 0 Å². The van der Waals surface area contributed by atoms with E-state index in [1.807, 2.05) is 0 Å². The molecule has 2 rings (SSSR count). The SMILES string of the molecule is CC(C)N(C)CCNCc1cccc2c1OC(C)(C)C2. The molecule has 0 saturated carbocycles. The number of para-hydroxylation sites is 1. The quantitative estimate of drug-likeness (QED) is 0.809. The van der Waals surface area contributed by atoms with Crippen LogP contribution in [0.2, 0.25) is 0 Å². The highest BCUT2D eigenvalue weighted by atomic mass is 16.5. The van der Waals surface area contributed by atoms with E-state index in [0.29, 0.717) is 6.04 Å². The molecule has 0 spiro atoms. The van der Waals surface area contributed by atoms with E-state index in [-0.39, 0.29) is 5.60 Å². The first-order valence-electron chi connectivity index (χ1n) is 7.60. The summed E-state index contributed by atoms with van der Waals surface area (Å²) in [6.45, 7) is 11.7. The summed E-state index contributed by atoms with van der Waals surface area (Å²) in [5.41, 5.74) is 2.56. The molecule has 0 unspecified atom stereocenters. The third kappa shape index (κ3) is 3.74. The Morgan fingerprint density at radius 1 is 1.35 bits per heavy atom. The molecule has 1 heterocycles. The van der Waals surface area contributed by atoms with Crippen LogP contribution in [0.15, 0.2) is 18.2 Å². The Morgan fingerprint density at radius 3 is 2.80 bits per heavy atom. The lowest BCUT2D eigenvalue weighted by molar-refractivity contribution is 0.137. The van der Waals surface area contributed by atoms with E-state index in [4.69, 9.17) is 4.74 Å². The summed E-state index contributed by atoms with van der Waals surface area (Å²) in [5.74, 6) is 1.10. The normalized spacial score (nSPS) is 16.6. The number of nitrogens with one attached hydrogen (secondary N) is 1. The molecular formula is C17H28N2O. The number of fused-ring (bicyclic) bond motifs is 1. The summed E-state index contributed by atoms with van der Waals surface area (Å²) in [4.78, 5) is 2.35. The fourth-order valence-electron chi connectivity index (χ4n) is 2.56. The lowest BCUT2D eigenvalue weighted by Crippen LogP contribution is -2.33. The number of ether oxygens (including phenoxy) is 1. The van der Waals surface area contributed by atoms with Crippen LogP contribution in [0.1, 0.15) is 38.8 Å². The summed E-state index contributed by atoms with van der Waals surface area (Å²) in [6.07, 6.45) is 1.01. The monoisotopic (exact) mass is 276 g/mol. The number of rotatable bonds is 6. The topological polar surface area (TPSA) is 24.5 Å². The molecule has 0 saturated heterocycles. The van der Waals surface area contributed by atoms with Gasteiger partial charge in [0.15, 0.2) is 0 Å². The van der Waals surface area contributed by atoms with Crippen LogP contribution in [-0.4, -0.2) is 36.7 Å². The molecule has 0 bridgehead atoms. The second-order valence-corrected chi connectivity index (χ2v) is 6.70. The van der Waals surface area contributed by atoms with Crippen LogP contribution in [0, 0.1) is 0 Å². The molecule has 1 aliphatic heterocycles. The van der Waals surface area contributed by atoms with Gasteiger partial charge >= 0.3 is 0 Å². The Labute approximate surface area is 123 Å². The first-order valence-corrected chi connectivity index (χ1v) is 7.60. The van der Waals surface area contributed by atoms with Crippen molar-refractivity contribution >= 4 is 0 Å². The van der Waals surface area contributed by atoms with E-state index >= 15 is 0 Å². The molecule has 1 aromatic rings. The summed E-state index contributed by atoms with van der Waals surface area (Å²) >= 11 is 0. The molecule has 0 fully saturated rings. The molecule has 0 amide bonds. The van der Waals surface area contributed by atoms with Crippen LogP contribution in [0.25, 0.3) is 0 Å².